The first-order valence-corrected chi connectivity index (χ1v) is 10.3. The van der Waals surface area contributed by atoms with Gasteiger partial charge in [0.15, 0.2) is 0 Å². The van der Waals surface area contributed by atoms with Gasteiger partial charge in [-0.3, -0.25) is 4.90 Å². The van der Waals surface area contributed by atoms with Crippen LogP contribution in [0, 0.1) is 6.92 Å². The van der Waals surface area contributed by atoms with Gasteiger partial charge in [0.05, 0.1) is 0 Å². The number of nitrogens with zero attached hydrogens (tertiary/aromatic N) is 1. The van der Waals surface area contributed by atoms with Crippen molar-refractivity contribution in [1.29, 1.82) is 0 Å². The first-order valence-electron chi connectivity index (χ1n) is 10.3. The predicted molar refractivity (Wildman–Crippen MR) is 113 cm³/mol. The first-order chi connectivity index (χ1) is 14.5. The van der Waals surface area contributed by atoms with Crippen molar-refractivity contribution >= 4 is 6.03 Å². The quantitative estimate of drug-likeness (QED) is 0.680. The number of carbonyl (C=O) groups excluding carboxylic acids is 1. The second-order valence-electron chi connectivity index (χ2n) is 7.72. The highest BCUT2D eigenvalue weighted by atomic mass is 19.3. The van der Waals surface area contributed by atoms with Crippen LogP contribution in [0.25, 0.3) is 0 Å². The van der Waals surface area contributed by atoms with Crippen LogP contribution in [0.4, 0.5) is 13.6 Å². The van der Waals surface area contributed by atoms with E-state index in [-0.39, 0.29) is 12.1 Å². The molecule has 0 unspecified atom stereocenters. The summed E-state index contributed by atoms with van der Waals surface area (Å²) in [7, 11) is 0. The van der Waals surface area contributed by atoms with Gasteiger partial charge in [0.2, 0.25) is 0 Å². The highest BCUT2D eigenvalue weighted by Gasteiger charge is 2.20. The second kappa shape index (κ2) is 10.9. The van der Waals surface area contributed by atoms with Gasteiger partial charge in [-0.2, -0.15) is 0 Å². The SMILES string of the molecule is Cc1cccc(CN2CCC(NC(=O)NCc3cccc(OCC(F)F)c3)CC2)c1. The molecule has 30 heavy (non-hydrogen) atoms. The predicted octanol–water partition coefficient (Wildman–Crippen LogP) is 4.10. The number of likely N-dealkylation sites (tertiary alicyclic amines) is 1. The Kier molecular flexibility index (Phi) is 8.02. The number of rotatable bonds is 8. The first kappa shape index (κ1) is 22.0. The van der Waals surface area contributed by atoms with Gasteiger partial charge < -0.3 is 15.4 Å². The molecule has 2 aromatic carbocycles. The fourth-order valence-corrected chi connectivity index (χ4v) is 3.63. The van der Waals surface area contributed by atoms with E-state index >= 15 is 0 Å². The van der Waals surface area contributed by atoms with E-state index in [1.165, 1.54) is 11.1 Å². The molecule has 0 aromatic heterocycles. The zero-order chi connectivity index (χ0) is 21.3. The van der Waals surface area contributed by atoms with Crippen LogP contribution < -0.4 is 15.4 Å². The number of amides is 2. The Morgan fingerprint density at radius 1 is 1.13 bits per heavy atom. The average Bonchev–Trinajstić information content (AvgIpc) is 2.73. The maximum absolute atomic E-state index is 12.3. The molecule has 2 N–H and O–H groups in total. The number of halogens is 2. The lowest BCUT2D eigenvalue weighted by Crippen LogP contribution is -2.47. The number of urea groups is 1. The average molecular weight is 418 g/mol. The van der Waals surface area contributed by atoms with Gasteiger partial charge in [0, 0.05) is 32.2 Å². The molecule has 162 valence electrons. The number of ether oxygens (including phenoxy) is 1. The van der Waals surface area contributed by atoms with Gasteiger partial charge >= 0.3 is 6.03 Å². The van der Waals surface area contributed by atoms with Crippen molar-refractivity contribution in [2.75, 3.05) is 19.7 Å². The molecule has 0 atom stereocenters. The third-order valence-corrected chi connectivity index (χ3v) is 5.14. The summed E-state index contributed by atoms with van der Waals surface area (Å²) in [5, 5.41) is 5.86. The van der Waals surface area contributed by atoms with Crippen molar-refractivity contribution in [3.05, 3.63) is 65.2 Å². The monoisotopic (exact) mass is 417 g/mol. The lowest BCUT2D eigenvalue weighted by Gasteiger charge is -2.32. The van der Waals surface area contributed by atoms with Crippen molar-refractivity contribution in [1.82, 2.24) is 15.5 Å². The van der Waals surface area contributed by atoms with E-state index in [9.17, 15) is 13.6 Å². The molecule has 0 spiro atoms. The van der Waals surface area contributed by atoms with E-state index in [4.69, 9.17) is 4.74 Å². The normalized spacial score (nSPS) is 15.2. The molecular formula is C23H29F2N3O2. The molecular weight excluding hydrogens is 388 g/mol. The van der Waals surface area contributed by atoms with Crippen LogP contribution in [0.2, 0.25) is 0 Å². The van der Waals surface area contributed by atoms with Gasteiger partial charge in [0.25, 0.3) is 6.43 Å². The van der Waals surface area contributed by atoms with E-state index < -0.39 is 13.0 Å². The molecule has 3 rings (SSSR count). The second-order valence-corrected chi connectivity index (χ2v) is 7.72. The third kappa shape index (κ3) is 7.30. The van der Waals surface area contributed by atoms with Gasteiger partial charge in [-0.1, -0.05) is 42.0 Å². The Hall–Kier alpha value is -2.67. The van der Waals surface area contributed by atoms with Crippen LogP contribution in [0.1, 0.15) is 29.5 Å². The Morgan fingerprint density at radius 2 is 1.87 bits per heavy atom. The Labute approximate surface area is 176 Å². The van der Waals surface area contributed by atoms with E-state index in [2.05, 4.69) is 46.7 Å². The lowest BCUT2D eigenvalue weighted by atomic mass is 10.0. The van der Waals surface area contributed by atoms with Gasteiger partial charge in [0.1, 0.15) is 12.4 Å². The number of hydrogen-bond acceptors (Lipinski definition) is 3. The molecule has 7 heteroatoms. The molecule has 0 saturated carbocycles. The number of hydrogen-bond donors (Lipinski definition) is 2. The van der Waals surface area contributed by atoms with Gasteiger partial charge in [-0.05, 0) is 43.0 Å². The zero-order valence-corrected chi connectivity index (χ0v) is 17.2. The van der Waals surface area contributed by atoms with E-state index in [0.29, 0.717) is 12.3 Å². The summed E-state index contributed by atoms with van der Waals surface area (Å²) in [6, 6.07) is 15.3. The molecule has 1 aliphatic heterocycles. The number of benzene rings is 2. The Morgan fingerprint density at radius 3 is 2.60 bits per heavy atom. The van der Waals surface area contributed by atoms with E-state index in [0.717, 1.165) is 38.0 Å². The number of piperidine rings is 1. The minimum atomic E-state index is -2.51. The molecule has 1 aliphatic rings. The van der Waals surface area contributed by atoms with Crippen LogP contribution >= 0.6 is 0 Å². The Bertz CT molecular complexity index is 824. The highest BCUT2D eigenvalue weighted by molar-refractivity contribution is 5.74. The summed E-state index contributed by atoms with van der Waals surface area (Å²) >= 11 is 0. The topological polar surface area (TPSA) is 53.6 Å². The van der Waals surface area contributed by atoms with Crippen LogP contribution in [-0.4, -0.2) is 43.1 Å². The summed E-state index contributed by atoms with van der Waals surface area (Å²) in [5.74, 6) is 0.371. The smallest absolute Gasteiger partial charge is 0.315 e. The molecule has 0 bridgehead atoms. The molecule has 2 amide bonds. The van der Waals surface area contributed by atoms with Crippen molar-refractivity contribution in [2.24, 2.45) is 0 Å². The number of aryl methyl sites for hydroxylation is 1. The maximum atomic E-state index is 12.3. The van der Waals surface area contributed by atoms with Crippen LogP contribution in [0.3, 0.4) is 0 Å². The van der Waals surface area contributed by atoms with Crippen molar-refractivity contribution in [3.63, 3.8) is 0 Å². The third-order valence-electron chi connectivity index (χ3n) is 5.14. The summed E-state index contributed by atoms with van der Waals surface area (Å²) in [5.41, 5.74) is 3.38. The minimum absolute atomic E-state index is 0.152. The summed E-state index contributed by atoms with van der Waals surface area (Å²) in [4.78, 5) is 14.6. The molecule has 1 fully saturated rings. The summed E-state index contributed by atoms with van der Waals surface area (Å²) in [6.07, 6.45) is -0.687. The molecule has 2 aromatic rings. The maximum Gasteiger partial charge on any atom is 0.315 e. The standard InChI is InChI=1S/C23H29F2N3O2/c1-17-4-2-6-19(12-17)15-28-10-8-20(9-11-28)27-23(29)26-14-18-5-3-7-21(13-18)30-16-22(24)25/h2-7,12-13,20,22H,8-11,14-16H2,1H3,(H2,26,27,29). The molecule has 1 saturated heterocycles. The van der Waals surface area contributed by atoms with Crippen molar-refractivity contribution in [3.8, 4) is 5.75 Å². The number of nitrogens with one attached hydrogen (secondary N) is 2. The molecule has 1 heterocycles. The fourth-order valence-electron chi connectivity index (χ4n) is 3.63. The molecule has 5 nitrogen and oxygen atoms in total. The zero-order valence-electron chi connectivity index (χ0n) is 17.2. The molecule has 0 radical (unpaired) electrons. The van der Waals surface area contributed by atoms with Crippen LogP contribution in [-0.2, 0) is 13.1 Å². The lowest BCUT2D eigenvalue weighted by molar-refractivity contribution is 0.0818. The fraction of sp³-hybridized carbons (Fsp3) is 0.435. The minimum Gasteiger partial charge on any atom is -0.488 e. The largest absolute Gasteiger partial charge is 0.488 e. The van der Waals surface area contributed by atoms with Gasteiger partial charge in [-0.25, -0.2) is 13.6 Å². The highest BCUT2D eigenvalue weighted by Crippen LogP contribution is 2.16. The molecule has 0 aliphatic carbocycles. The van der Waals surface area contributed by atoms with Gasteiger partial charge in [-0.15, -0.1) is 0 Å². The van der Waals surface area contributed by atoms with Crippen LogP contribution in [0.15, 0.2) is 48.5 Å². The van der Waals surface area contributed by atoms with E-state index in [1.807, 2.05) is 6.07 Å². The number of alkyl halides is 2. The van der Waals surface area contributed by atoms with E-state index in [1.54, 1.807) is 18.2 Å². The Balaban J connectivity index is 1.37. The number of carbonyl (C=O) groups is 1. The van der Waals surface area contributed by atoms with Crippen LogP contribution in [0.5, 0.6) is 5.75 Å². The summed E-state index contributed by atoms with van der Waals surface area (Å²) < 4.78 is 29.5. The summed E-state index contributed by atoms with van der Waals surface area (Å²) in [6.45, 7) is 4.60. The van der Waals surface area contributed by atoms with Crippen molar-refractivity contribution in [2.45, 2.75) is 45.3 Å². The van der Waals surface area contributed by atoms with Crippen molar-refractivity contribution < 1.29 is 18.3 Å².